The predicted molar refractivity (Wildman–Crippen MR) is 237 cm³/mol. The molecule has 10 aromatic rings. The minimum absolute atomic E-state index is 0.377. The smallest absolute Gasteiger partial charge is 0.160 e. The van der Waals surface area contributed by atoms with Gasteiger partial charge in [-0.1, -0.05) is 141 Å². The van der Waals surface area contributed by atoms with Gasteiger partial charge in [0.15, 0.2) is 5.82 Å². The molecule has 4 heteroatoms. The molecule has 0 spiro atoms. The van der Waals surface area contributed by atoms with E-state index in [4.69, 9.17) is 9.97 Å². The van der Waals surface area contributed by atoms with Gasteiger partial charge in [-0.3, -0.25) is 0 Å². The molecule has 2 aromatic heterocycles. The van der Waals surface area contributed by atoms with E-state index >= 15 is 0 Å². The fourth-order valence-corrected chi connectivity index (χ4v) is 8.96. The van der Waals surface area contributed by atoms with Crippen molar-refractivity contribution in [1.82, 2.24) is 14.5 Å². The van der Waals surface area contributed by atoms with Crippen molar-refractivity contribution in [2.45, 2.75) is 19.3 Å². The molecular weight excluding hydrogens is 693 g/mol. The summed E-state index contributed by atoms with van der Waals surface area (Å²) < 4.78 is 2.51. The van der Waals surface area contributed by atoms with Gasteiger partial charge in [-0.25, -0.2) is 9.97 Å². The first-order valence-electron chi connectivity index (χ1n) is 19.6. The molecule has 11 rings (SSSR count). The lowest BCUT2D eigenvalue weighted by Gasteiger charge is -2.36. The van der Waals surface area contributed by atoms with Gasteiger partial charge in [0.05, 0.1) is 28.1 Å². The van der Waals surface area contributed by atoms with Gasteiger partial charge in [0.25, 0.3) is 0 Å². The van der Waals surface area contributed by atoms with Crippen LogP contribution in [0.25, 0.3) is 72.2 Å². The molecular formula is C53H38N4. The van der Waals surface area contributed by atoms with E-state index in [1.807, 2.05) is 12.1 Å². The molecule has 0 bridgehead atoms. The lowest BCUT2D eigenvalue weighted by Crippen LogP contribution is -2.27. The number of anilines is 3. The molecule has 270 valence electrons. The highest BCUT2D eigenvalue weighted by Gasteiger charge is 2.37. The molecule has 1 aliphatic heterocycles. The highest BCUT2D eigenvalue weighted by atomic mass is 15.1. The largest absolute Gasteiger partial charge is 0.310 e. The first-order chi connectivity index (χ1) is 28.0. The molecule has 0 fully saturated rings. The van der Waals surface area contributed by atoms with Gasteiger partial charge in [0, 0.05) is 49.9 Å². The molecule has 0 amide bonds. The van der Waals surface area contributed by atoms with Crippen LogP contribution in [0.4, 0.5) is 17.1 Å². The lowest BCUT2D eigenvalue weighted by molar-refractivity contribution is 0.630. The van der Waals surface area contributed by atoms with Crippen molar-refractivity contribution >= 4 is 49.6 Å². The number of aromatic nitrogens is 3. The summed E-state index contributed by atoms with van der Waals surface area (Å²) in [7, 11) is 0. The topological polar surface area (TPSA) is 34.0 Å². The molecule has 0 saturated carbocycles. The average molecular weight is 731 g/mol. The van der Waals surface area contributed by atoms with E-state index in [2.05, 4.69) is 205 Å². The van der Waals surface area contributed by atoms with Gasteiger partial charge in [-0.2, -0.15) is 0 Å². The number of hydrogen-bond donors (Lipinski definition) is 0. The Labute approximate surface area is 332 Å². The second kappa shape index (κ2) is 12.9. The second-order valence-electron chi connectivity index (χ2n) is 15.5. The van der Waals surface area contributed by atoms with E-state index < -0.39 is 0 Å². The summed E-state index contributed by atoms with van der Waals surface area (Å²) in [5.74, 6) is 0.709. The molecule has 0 radical (unpaired) electrons. The van der Waals surface area contributed by atoms with Crippen LogP contribution >= 0.6 is 0 Å². The SMILES string of the molecule is CC1(C)c2cc(-c3nc(-c4ccccc4)cc(-c4ccccc4)n3)ccc2-n2c3ccc4ccccc4c3c3cc(N(c4ccccc4)c4ccccc4)cc1c32. The Morgan fingerprint density at radius 1 is 0.456 bits per heavy atom. The van der Waals surface area contributed by atoms with Crippen molar-refractivity contribution in [2.24, 2.45) is 0 Å². The van der Waals surface area contributed by atoms with Crippen molar-refractivity contribution in [2.75, 3.05) is 4.90 Å². The molecule has 57 heavy (non-hydrogen) atoms. The number of hydrogen-bond acceptors (Lipinski definition) is 3. The van der Waals surface area contributed by atoms with Gasteiger partial charge in [-0.15, -0.1) is 0 Å². The maximum absolute atomic E-state index is 5.23. The van der Waals surface area contributed by atoms with Crippen LogP contribution in [0, 0.1) is 0 Å². The van der Waals surface area contributed by atoms with Gasteiger partial charge in [0.1, 0.15) is 0 Å². The van der Waals surface area contributed by atoms with Gasteiger partial charge in [0.2, 0.25) is 0 Å². The molecule has 0 N–H and O–H groups in total. The Hall–Kier alpha value is -7.30. The van der Waals surface area contributed by atoms with E-state index in [9.17, 15) is 0 Å². The number of nitrogens with zero attached hydrogens (tertiary/aromatic N) is 4. The van der Waals surface area contributed by atoms with E-state index in [0.717, 1.165) is 45.1 Å². The number of fused-ring (bicyclic) bond motifs is 7. The van der Waals surface area contributed by atoms with E-state index in [-0.39, 0.29) is 5.41 Å². The highest BCUT2D eigenvalue weighted by molar-refractivity contribution is 6.23. The summed E-state index contributed by atoms with van der Waals surface area (Å²) in [6.07, 6.45) is 0. The first-order valence-corrected chi connectivity index (χ1v) is 19.6. The molecule has 3 heterocycles. The molecule has 0 atom stereocenters. The molecule has 0 aliphatic carbocycles. The van der Waals surface area contributed by atoms with Crippen LogP contribution in [-0.2, 0) is 5.41 Å². The Morgan fingerprint density at radius 3 is 1.67 bits per heavy atom. The second-order valence-corrected chi connectivity index (χ2v) is 15.5. The molecule has 0 unspecified atom stereocenters. The number of para-hydroxylation sites is 2. The Kier molecular flexibility index (Phi) is 7.48. The Bertz CT molecular complexity index is 3030. The van der Waals surface area contributed by atoms with Crippen molar-refractivity contribution in [3.8, 4) is 39.6 Å². The van der Waals surface area contributed by atoms with Crippen molar-refractivity contribution in [1.29, 1.82) is 0 Å². The zero-order valence-corrected chi connectivity index (χ0v) is 31.8. The standard InChI is InChI=1S/C53H38N4/c1-53(2)44-31-38(52-54-46(36-18-7-3-8-19-36)34-47(55-52)37-20-9-4-10-21-37)28-29-48(44)57-49-30-27-35-17-15-16-26-42(35)50(49)43-32-41(33-45(53)51(43)57)56(39-22-11-5-12-23-39)40-24-13-6-14-25-40/h3-34H,1-2H3. The van der Waals surface area contributed by atoms with Gasteiger partial charge < -0.3 is 9.47 Å². The monoisotopic (exact) mass is 730 g/mol. The third-order valence-corrected chi connectivity index (χ3v) is 11.7. The Morgan fingerprint density at radius 2 is 1.04 bits per heavy atom. The molecule has 4 nitrogen and oxygen atoms in total. The van der Waals surface area contributed by atoms with Crippen molar-refractivity contribution in [3.05, 3.63) is 205 Å². The average Bonchev–Trinajstić information content (AvgIpc) is 3.61. The number of rotatable bonds is 6. The fourth-order valence-electron chi connectivity index (χ4n) is 8.96. The summed E-state index contributed by atoms with van der Waals surface area (Å²) in [6.45, 7) is 4.75. The summed E-state index contributed by atoms with van der Waals surface area (Å²) in [6, 6.07) is 69.4. The normalized spacial score (nSPS) is 12.9. The van der Waals surface area contributed by atoms with Crippen molar-refractivity contribution in [3.63, 3.8) is 0 Å². The van der Waals surface area contributed by atoms with Crippen LogP contribution < -0.4 is 4.90 Å². The zero-order valence-electron chi connectivity index (χ0n) is 31.8. The molecule has 1 aliphatic rings. The minimum Gasteiger partial charge on any atom is -0.310 e. The van der Waals surface area contributed by atoms with E-state index in [0.29, 0.717) is 5.82 Å². The molecule has 8 aromatic carbocycles. The lowest BCUT2D eigenvalue weighted by atomic mass is 9.74. The predicted octanol–water partition coefficient (Wildman–Crippen LogP) is 13.8. The zero-order chi connectivity index (χ0) is 38.1. The van der Waals surface area contributed by atoms with E-state index in [1.54, 1.807) is 0 Å². The van der Waals surface area contributed by atoms with Crippen LogP contribution in [0.5, 0.6) is 0 Å². The third kappa shape index (κ3) is 5.29. The van der Waals surface area contributed by atoms with Crippen LogP contribution in [-0.4, -0.2) is 14.5 Å². The fraction of sp³-hybridized carbons (Fsp3) is 0.0566. The van der Waals surface area contributed by atoms with Crippen LogP contribution in [0.15, 0.2) is 194 Å². The van der Waals surface area contributed by atoms with Gasteiger partial charge in [-0.05, 0) is 88.6 Å². The maximum atomic E-state index is 5.23. The molecule has 0 saturated heterocycles. The van der Waals surface area contributed by atoms with Crippen LogP contribution in [0.1, 0.15) is 25.0 Å². The summed E-state index contributed by atoms with van der Waals surface area (Å²) in [5, 5.41) is 5.01. The van der Waals surface area contributed by atoms with Crippen molar-refractivity contribution < 1.29 is 0 Å². The number of benzene rings is 8. The first kappa shape index (κ1) is 33.1. The maximum Gasteiger partial charge on any atom is 0.160 e. The quantitative estimate of drug-likeness (QED) is 0.171. The summed E-state index contributed by atoms with van der Waals surface area (Å²) >= 11 is 0. The van der Waals surface area contributed by atoms with E-state index in [1.165, 1.54) is 49.4 Å². The highest BCUT2D eigenvalue weighted by Crippen LogP contribution is 2.52. The third-order valence-electron chi connectivity index (χ3n) is 11.7. The summed E-state index contributed by atoms with van der Waals surface area (Å²) in [4.78, 5) is 12.9. The van der Waals surface area contributed by atoms with Crippen LogP contribution in [0.2, 0.25) is 0 Å². The van der Waals surface area contributed by atoms with Gasteiger partial charge >= 0.3 is 0 Å². The summed E-state index contributed by atoms with van der Waals surface area (Å²) in [5.41, 5.74) is 14.1. The Balaban J connectivity index is 1.19. The minimum atomic E-state index is -0.377. The van der Waals surface area contributed by atoms with Crippen LogP contribution in [0.3, 0.4) is 0 Å².